The van der Waals surface area contributed by atoms with Gasteiger partial charge in [-0.2, -0.15) is 0 Å². The van der Waals surface area contributed by atoms with E-state index in [9.17, 15) is 4.79 Å². The predicted molar refractivity (Wildman–Crippen MR) is 151 cm³/mol. The second kappa shape index (κ2) is 10.0. The molecule has 36 heavy (non-hydrogen) atoms. The molecule has 6 heteroatoms. The molecule has 2 aromatic heterocycles. The Hall–Kier alpha value is -2.66. The first-order valence-electron chi connectivity index (χ1n) is 12.0. The molecule has 5 rings (SSSR count). The Morgan fingerprint density at radius 2 is 1.92 bits per heavy atom. The number of para-hydroxylation sites is 1. The minimum Gasteiger partial charge on any atom is -0.457 e. The Balaban J connectivity index is 1.63. The van der Waals surface area contributed by atoms with E-state index >= 15 is 0 Å². The number of aromatic nitrogens is 1. The number of hydrogen-bond acceptors (Lipinski definition) is 4. The van der Waals surface area contributed by atoms with Crippen molar-refractivity contribution in [3.63, 3.8) is 0 Å². The van der Waals surface area contributed by atoms with Crippen molar-refractivity contribution in [2.75, 3.05) is 0 Å². The molecule has 1 aliphatic rings. The summed E-state index contributed by atoms with van der Waals surface area (Å²) in [5.41, 5.74) is 5.21. The number of fused-ring (bicyclic) bond motifs is 2. The standard InChI is InChI=1S/C30H27Cl2NO2S/c1-30(2,3)20-13-19(14-22-7-6-12-36-22)28-24(15-20)27(23-8-4-5-9-26(23)33-28)29(34)35-17-18-10-11-21(31)16-25(18)32/h4-12,14,16,20H,13,15,17H2,1-3H3. The number of halogens is 2. The first-order valence-corrected chi connectivity index (χ1v) is 13.6. The number of benzene rings is 2. The summed E-state index contributed by atoms with van der Waals surface area (Å²) in [5.74, 6) is -0.00247. The fourth-order valence-electron chi connectivity index (χ4n) is 4.77. The molecule has 1 atom stereocenters. The van der Waals surface area contributed by atoms with E-state index in [1.807, 2.05) is 24.3 Å². The number of rotatable bonds is 4. The lowest BCUT2D eigenvalue weighted by Gasteiger charge is -2.36. The predicted octanol–water partition coefficient (Wildman–Crippen LogP) is 9.11. The van der Waals surface area contributed by atoms with Crippen molar-refractivity contribution in [2.24, 2.45) is 11.3 Å². The molecule has 2 aromatic carbocycles. The molecule has 0 saturated carbocycles. The molecular formula is C30H27Cl2NO2S. The van der Waals surface area contributed by atoms with E-state index in [1.165, 1.54) is 10.5 Å². The third-order valence-corrected chi connectivity index (χ3v) is 8.28. The molecule has 4 aromatic rings. The summed E-state index contributed by atoms with van der Waals surface area (Å²) in [6, 6.07) is 17.2. The van der Waals surface area contributed by atoms with Crippen molar-refractivity contribution in [3.8, 4) is 0 Å². The summed E-state index contributed by atoms with van der Waals surface area (Å²) in [6.45, 7) is 6.86. The number of nitrogens with zero attached hydrogens (tertiary/aromatic N) is 1. The number of ether oxygens (including phenoxy) is 1. The maximum atomic E-state index is 13.7. The molecule has 0 fully saturated rings. The molecule has 2 heterocycles. The van der Waals surface area contributed by atoms with Gasteiger partial charge in [0.2, 0.25) is 0 Å². The van der Waals surface area contributed by atoms with E-state index in [0.717, 1.165) is 35.0 Å². The van der Waals surface area contributed by atoms with Crippen LogP contribution in [0.5, 0.6) is 0 Å². The van der Waals surface area contributed by atoms with Gasteiger partial charge in [0.1, 0.15) is 6.61 Å². The fraction of sp³-hybridized carbons (Fsp3) is 0.267. The van der Waals surface area contributed by atoms with Crippen LogP contribution in [0, 0.1) is 11.3 Å². The SMILES string of the molecule is CC(C)(C)C1CC(=Cc2cccs2)c2nc3ccccc3c(C(=O)OCc3ccc(Cl)cc3Cl)c2C1. The topological polar surface area (TPSA) is 39.2 Å². The van der Waals surface area contributed by atoms with Gasteiger partial charge in [-0.3, -0.25) is 0 Å². The second-order valence-electron chi connectivity index (χ2n) is 10.3. The van der Waals surface area contributed by atoms with Crippen molar-refractivity contribution >= 4 is 63.1 Å². The monoisotopic (exact) mass is 535 g/mol. The van der Waals surface area contributed by atoms with Crippen LogP contribution in [0.4, 0.5) is 0 Å². The number of esters is 1. The summed E-state index contributed by atoms with van der Waals surface area (Å²) in [7, 11) is 0. The zero-order valence-electron chi connectivity index (χ0n) is 20.5. The molecule has 0 spiro atoms. The van der Waals surface area contributed by atoms with E-state index in [2.05, 4.69) is 44.4 Å². The zero-order valence-corrected chi connectivity index (χ0v) is 22.8. The molecule has 184 valence electrons. The van der Waals surface area contributed by atoms with Gasteiger partial charge in [0, 0.05) is 25.9 Å². The van der Waals surface area contributed by atoms with Gasteiger partial charge in [-0.05, 0) is 71.0 Å². The maximum Gasteiger partial charge on any atom is 0.339 e. The van der Waals surface area contributed by atoms with Crippen LogP contribution in [0.3, 0.4) is 0 Å². The highest BCUT2D eigenvalue weighted by molar-refractivity contribution is 7.10. The van der Waals surface area contributed by atoms with Gasteiger partial charge in [0.25, 0.3) is 0 Å². The zero-order chi connectivity index (χ0) is 25.4. The minimum atomic E-state index is -0.360. The van der Waals surface area contributed by atoms with Crippen molar-refractivity contribution in [1.82, 2.24) is 4.98 Å². The first-order chi connectivity index (χ1) is 17.2. The molecule has 0 radical (unpaired) electrons. The number of pyridine rings is 1. The maximum absolute atomic E-state index is 13.7. The smallest absolute Gasteiger partial charge is 0.339 e. The Morgan fingerprint density at radius 1 is 1.11 bits per heavy atom. The number of thiophene rings is 1. The average molecular weight is 537 g/mol. The Bertz CT molecular complexity index is 1470. The summed E-state index contributed by atoms with van der Waals surface area (Å²) in [5, 5.41) is 3.91. The molecule has 3 nitrogen and oxygen atoms in total. The molecule has 0 amide bonds. The van der Waals surface area contributed by atoms with Crippen LogP contribution in [0.2, 0.25) is 10.0 Å². The van der Waals surface area contributed by atoms with Crippen LogP contribution >= 0.6 is 34.5 Å². The Morgan fingerprint density at radius 3 is 2.64 bits per heavy atom. The lowest BCUT2D eigenvalue weighted by atomic mass is 9.69. The van der Waals surface area contributed by atoms with Gasteiger partial charge in [-0.1, -0.05) is 74.3 Å². The quantitative estimate of drug-likeness (QED) is 0.244. The highest BCUT2D eigenvalue weighted by atomic mass is 35.5. The number of allylic oxidation sites excluding steroid dienone is 1. The van der Waals surface area contributed by atoms with Crippen LogP contribution in [-0.2, 0) is 17.8 Å². The molecule has 0 N–H and O–H groups in total. The van der Waals surface area contributed by atoms with E-state index in [1.54, 1.807) is 29.5 Å². The molecule has 0 bridgehead atoms. The molecule has 1 aliphatic carbocycles. The molecule has 1 unspecified atom stereocenters. The van der Waals surface area contributed by atoms with Gasteiger partial charge in [0.15, 0.2) is 0 Å². The van der Waals surface area contributed by atoms with Gasteiger partial charge in [-0.25, -0.2) is 9.78 Å². The first kappa shape index (κ1) is 25.0. The second-order valence-corrected chi connectivity index (χ2v) is 12.1. The summed E-state index contributed by atoms with van der Waals surface area (Å²) < 4.78 is 5.86. The summed E-state index contributed by atoms with van der Waals surface area (Å²) in [6.07, 6.45) is 3.91. The number of hydrogen-bond donors (Lipinski definition) is 0. The summed E-state index contributed by atoms with van der Waals surface area (Å²) >= 11 is 14.1. The van der Waals surface area contributed by atoms with Crippen molar-refractivity contribution in [1.29, 1.82) is 0 Å². The highest BCUT2D eigenvalue weighted by Crippen LogP contribution is 2.45. The van der Waals surface area contributed by atoms with Crippen molar-refractivity contribution in [3.05, 3.63) is 97.3 Å². The van der Waals surface area contributed by atoms with E-state index < -0.39 is 0 Å². The number of carbonyl (C=O) groups excluding carboxylic acids is 1. The van der Waals surface area contributed by atoms with Crippen molar-refractivity contribution in [2.45, 2.75) is 40.2 Å². The molecule has 0 saturated heterocycles. The van der Waals surface area contributed by atoms with Gasteiger partial charge in [0.05, 0.1) is 16.8 Å². The van der Waals surface area contributed by atoms with Gasteiger partial charge >= 0.3 is 5.97 Å². The van der Waals surface area contributed by atoms with E-state index in [4.69, 9.17) is 32.9 Å². The third kappa shape index (κ3) is 5.08. The Kier molecular flexibility index (Phi) is 6.95. The van der Waals surface area contributed by atoms with Crippen LogP contribution in [0.1, 0.15) is 59.2 Å². The lowest BCUT2D eigenvalue weighted by Crippen LogP contribution is -2.28. The van der Waals surface area contributed by atoms with Crippen LogP contribution in [-0.4, -0.2) is 11.0 Å². The van der Waals surface area contributed by atoms with Crippen LogP contribution in [0.15, 0.2) is 60.0 Å². The van der Waals surface area contributed by atoms with Gasteiger partial charge in [-0.15, -0.1) is 11.3 Å². The lowest BCUT2D eigenvalue weighted by molar-refractivity contribution is 0.0473. The molecular weight excluding hydrogens is 509 g/mol. The minimum absolute atomic E-state index is 0.0654. The normalized spacial score (nSPS) is 16.8. The summed E-state index contributed by atoms with van der Waals surface area (Å²) in [4.78, 5) is 20.0. The van der Waals surface area contributed by atoms with Crippen LogP contribution in [0.25, 0.3) is 22.6 Å². The fourth-order valence-corrected chi connectivity index (χ4v) is 5.91. The van der Waals surface area contributed by atoms with Gasteiger partial charge < -0.3 is 4.74 Å². The third-order valence-electron chi connectivity index (χ3n) is 6.88. The Labute approximate surface area is 225 Å². The molecule has 0 aliphatic heterocycles. The average Bonchev–Trinajstić information content (AvgIpc) is 3.34. The van der Waals surface area contributed by atoms with E-state index in [-0.39, 0.29) is 18.0 Å². The highest BCUT2D eigenvalue weighted by Gasteiger charge is 2.35. The largest absolute Gasteiger partial charge is 0.457 e. The number of carbonyl (C=O) groups is 1. The van der Waals surface area contributed by atoms with Crippen LogP contribution < -0.4 is 0 Å². The van der Waals surface area contributed by atoms with E-state index in [0.29, 0.717) is 27.1 Å². The van der Waals surface area contributed by atoms with Crippen molar-refractivity contribution < 1.29 is 9.53 Å².